The van der Waals surface area contributed by atoms with Crippen LogP contribution in [-0.2, 0) is 11.2 Å². The van der Waals surface area contributed by atoms with Crippen LogP contribution in [0.4, 0.5) is 16.4 Å². The second-order valence-electron chi connectivity index (χ2n) is 10.6. The Hall–Kier alpha value is -3.33. The lowest BCUT2D eigenvalue weighted by Gasteiger charge is -2.38. The van der Waals surface area contributed by atoms with E-state index in [9.17, 15) is 4.79 Å². The first kappa shape index (κ1) is 26.7. The molecule has 0 fully saturated rings. The minimum atomic E-state index is -0.616. The quantitative estimate of drug-likeness (QED) is 0.576. The summed E-state index contributed by atoms with van der Waals surface area (Å²) in [4.78, 5) is 27.1. The van der Waals surface area contributed by atoms with Gasteiger partial charge in [0.05, 0.1) is 24.8 Å². The van der Waals surface area contributed by atoms with Crippen LogP contribution in [0.2, 0.25) is 0 Å². The lowest BCUT2D eigenvalue weighted by molar-refractivity contribution is 0.00628. The summed E-state index contributed by atoms with van der Waals surface area (Å²) in [5.41, 5.74) is 7.75. The molecule has 0 aliphatic carbocycles. The summed E-state index contributed by atoms with van der Waals surface area (Å²) in [7, 11) is 1.68. The molecule has 2 aromatic rings. The first-order valence-electron chi connectivity index (χ1n) is 13.1. The van der Waals surface area contributed by atoms with Gasteiger partial charge < -0.3 is 25.4 Å². The zero-order chi connectivity index (χ0) is 26.4. The summed E-state index contributed by atoms with van der Waals surface area (Å²) in [5.74, 6) is 2.47. The number of rotatable bonds is 5. The number of nitrogens with zero attached hydrogens (tertiary/aromatic N) is 4. The topological polar surface area (TPSA) is 106 Å². The van der Waals surface area contributed by atoms with Gasteiger partial charge in [-0.25, -0.2) is 14.8 Å². The molecule has 37 heavy (non-hydrogen) atoms. The van der Waals surface area contributed by atoms with Crippen LogP contribution in [0, 0.1) is 0 Å². The van der Waals surface area contributed by atoms with E-state index in [2.05, 4.69) is 39.5 Å². The van der Waals surface area contributed by atoms with Gasteiger partial charge in [0.1, 0.15) is 29.3 Å². The molecule has 4 rings (SSSR count). The minimum Gasteiger partial charge on any atom is -0.497 e. The van der Waals surface area contributed by atoms with Crippen molar-refractivity contribution in [1.82, 2.24) is 14.9 Å². The summed E-state index contributed by atoms with van der Waals surface area (Å²) >= 11 is 0. The smallest absolute Gasteiger partial charge is 0.411 e. The number of carbonyl (C=O) groups excluding carboxylic acids is 1. The van der Waals surface area contributed by atoms with Crippen LogP contribution >= 0.6 is 0 Å². The molecule has 9 heteroatoms. The SMILES string of the molecule is COc1ccc(CCN2CC/C=C\CC[C@@H]3c4c(ncnc42)NC[C@@H](CN)N3C(=O)OC(C)(C)C)cc1. The predicted octanol–water partition coefficient (Wildman–Crippen LogP) is 4.31. The van der Waals surface area contributed by atoms with Crippen LogP contribution < -0.4 is 20.7 Å². The van der Waals surface area contributed by atoms with E-state index in [0.717, 1.165) is 61.7 Å². The number of hydrogen-bond acceptors (Lipinski definition) is 8. The highest BCUT2D eigenvalue weighted by molar-refractivity contribution is 5.72. The van der Waals surface area contributed by atoms with Crippen LogP contribution in [0.25, 0.3) is 0 Å². The van der Waals surface area contributed by atoms with Gasteiger partial charge in [-0.05, 0) is 64.2 Å². The van der Waals surface area contributed by atoms with E-state index in [4.69, 9.17) is 20.2 Å². The molecule has 1 amide bonds. The monoisotopic (exact) mass is 508 g/mol. The van der Waals surface area contributed by atoms with Crippen LogP contribution in [0.15, 0.2) is 42.7 Å². The number of amides is 1. The van der Waals surface area contributed by atoms with Crippen molar-refractivity contribution in [1.29, 1.82) is 0 Å². The number of carbonyl (C=O) groups is 1. The Kier molecular flexibility index (Phi) is 8.53. The van der Waals surface area contributed by atoms with Gasteiger partial charge in [-0.3, -0.25) is 4.90 Å². The lowest BCUT2D eigenvalue weighted by atomic mass is 9.98. The first-order valence-corrected chi connectivity index (χ1v) is 13.1. The fourth-order valence-corrected chi connectivity index (χ4v) is 4.96. The lowest BCUT2D eigenvalue weighted by Crippen LogP contribution is -2.50. The summed E-state index contributed by atoms with van der Waals surface area (Å²) in [6.45, 7) is 8.07. The second-order valence-corrected chi connectivity index (χ2v) is 10.6. The fourth-order valence-electron chi connectivity index (χ4n) is 4.96. The average Bonchev–Trinajstić information content (AvgIpc) is 3.04. The summed E-state index contributed by atoms with van der Waals surface area (Å²) in [6, 6.07) is 7.67. The number of nitrogens with two attached hydrogens (primary N) is 1. The molecule has 2 aliphatic heterocycles. The normalized spacial score (nSPS) is 20.8. The van der Waals surface area contributed by atoms with Crippen LogP contribution in [0.1, 0.15) is 57.2 Å². The number of hydrogen-bond donors (Lipinski definition) is 2. The minimum absolute atomic E-state index is 0.235. The molecule has 1 aromatic carbocycles. The van der Waals surface area contributed by atoms with Crippen molar-refractivity contribution in [3.05, 3.63) is 53.9 Å². The van der Waals surface area contributed by atoms with Gasteiger partial charge in [-0.1, -0.05) is 24.3 Å². The molecule has 3 N–H and O–H groups in total. The van der Waals surface area contributed by atoms with Gasteiger partial charge in [0.25, 0.3) is 0 Å². The summed E-state index contributed by atoms with van der Waals surface area (Å²) in [5, 5.41) is 3.46. The van der Waals surface area contributed by atoms with Crippen molar-refractivity contribution in [2.75, 3.05) is 43.5 Å². The Bertz CT molecular complexity index is 1080. The Balaban J connectivity index is 1.72. The molecule has 0 saturated carbocycles. The van der Waals surface area contributed by atoms with Crippen molar-refractivity contribution in [2.24, 2.45) is 5.73 Å². The Labute approximate surface area is 220 Å². The third-order valence-electron chi connectivity index (χ3n) is 6.77. The molecule has 2 aliphatic rings. The maximum absolute atomic E-state index is 13.6. The third-order valence-corrected chi connectivity index (χ3v) is 6.77. The van der Waals surface area contributed by atoms with Crippen molar-refractivity contribution in [2.45, 2.75) is 64.1 Å². The molecule has 0 spiro atoms. The standard InChI is InChI=1S/C28H40N6O3/c1-28(2,3)37-27(35)34-21(17-29)18-30-25-24-23(34)9-7-5-6-8-15-33(26(24)32-19-31-25)16-14-20-10-12-22(36-4)13-11-20/h5-6,10-13,19,21,23H,7-9,14-18,29H2,1-4H3,(H,30,31,32)/b6-5-/t21-,23-/m1/s1. The Morgan fingerprint density at radius 2 is 1.92 bits per heavy atom. The maximum atomic E-state index is 13.6. The van der Waals surface area contributed by atoms with Gasteiger partial charge in [-0.15, -0.1) is 0 Å². The molecule has 0 radical (unpaired) electrons. The number of benzene rings is 1. The maximum Gasteiger partial charge on any atom is 0.411 e. The number of nitrogens with one attached hydrogen (secondary N) is 1. The van der Waals surface area contributed by atoms with Crippen molar-refractivity contribution in [3.8, 4) is 5.75 Å². The zero-order valence-electron chi connectivity index (χ0n) is 22.4. The number of allylic oxidation sites excluding steroid dienone is 1. The van der Waals surface area contributed by atoms with Crippen molar-refractivity contribution in [3.63, 3.8) is 0 Å². The van der Waals surface area contributed by atoms with E-state index in [0.29, 0.717) is 13.1 Å². The van der Waals surface area contributed by atoms with Gasteiger partial charge >= 0.3 is 6.09 Å². The van der Waals surface area contributed by atoms with Crippen molar-refractivity contribution < 1.29 is 14.3 Å². The van der Waals surface area contributed by atoms with Gasteiger partial charge in [0, 0.05) is 26.2 Å². The first-order chi connectivity index (χ1) is 17.8. The molecule has 2 atom stereocenters. The van der Waals surface area contributed by atoms with Gasteiger partial charge in [-0.2, -0.15) is 0 Å². The molecule has 3 heterocycles. The molecule has 9 nitrogen and oxygen atoms in total. The molecule has 0 unspecified atom stereocenters. The molecule has 1 aromatic heterocycles. The number of anilines is 2. The number of ether oxygens (including phenoxy) is 2. The highest BCUT2D eigenvalue weighted by Crippen LogP contribution is 2.40. The van der Waals surface area contributed by atoms with Crippen LogP contribution in [-0.4, -0.2) is 65.9 Å². The third kappa shape index (κ3) is 6.52. The van der Waals surface area contributed by atoms with Crippen LogP contribution in [0.3, 0.4) is 0 Å². The second kappa shape index (κ2) is 11.8. The summed E-state index contributed by atoms with van der Waals surface area (Å²) < 4.78 is 11.2. The van der Waals surface area contributed by atoms with E-state index in [1.165, 1.54) is 5.56 Å². The molecular weight excluding hydrogens is 468 g/mol. The van der Waals surface area contributed by atoms with Crippen LogP contribution in [0.5, 0.6) is 5.75 Å². The van der Waals surface area contributed by atoms with E-state index < -0.39 is 5.60 Å². The van der Waals surface area contributed by atoms with Gasteiger partial charge in [0.15, 0.2) is 0 Å². The zero-order valence-corrected chi connectivity index (χ0v) is 22.4. The molecular formula is C28H40N6O3. The number of aromatic nitrogens is 2. The van der Waals surface area contributed by atoms with E-state index in [1.807, 2.05) is 37.8 Å². The largest absolute Gasteiger partial charge is 0.497 e. The highest BCUT2D eigenvalue weighted by Gasteiger charge is 2.40. The number of methoxy groups -OCH3 is 1. The van der Waals surface area contributed by atoms with E-state index in [1.54, 1.807) is 13.4 Å². The molecule has 0 bridgehead atoms. The fraction of sp³-hybridized carbons (Fsp3) is 0.536. The van der Waals surface area contributed by atoms with E-state index >= 15 is 0 Å². The molecule has 0 saturated heterocycles. The highest BCUT2D eigenvalue weighted by atomic mass is 16.6. The van der Waals surface area contributed by atoms with Crippen molar-refractivity contribution >= 4 is 17.7 Å². The predicted molar refractivity (Wildman–Crippen MR) is 146 cm³/mol. The molecule has 200 valence electrons. The van der Waals surface area contributed by atoms with Gasteiger partial charge in [0.2, 0.25) is 0 Å². The Morgan fingerprint density at radius 3 is 2.62 bits per heavy atom. The summed E-state index contributed by atoms with van der Waals surface area (Å²) in [6.07, 6.45) is 9.02. The van der Waals surface area contributed by atoms with E-state index in [-0.39, 0.29) is 18.2 Å². The average molecular weight is 509 g/mol. The Morgan fingerprint density at radius 1 is 1.16 bits per heavy atom.